The third-order valence-electron chi connectivity index (χ3n) is 7.41. The first-order valence-electron chi connectivity index (χ1n) is 11.1. The SMILES string of the molecule is C.COCc1cc(CN)c2c(c1O)C(O)=C1C(=O)C3(O)C(O)=C(C(N)=O)C(=O)C(N(C)C)C3CC1C2. The summed E-state index contributed by atoms with van der Waals surface area (Å²) in [7, 11) is 4.54. The van der Waals surface area contributed by atoms with Gasteiger partial charge in [-0.05, 0) is 50.0 Å². The van der Waals surface area contributed by atoms with Crippen LogP contribution in [0.4, 0.5) is 0 Å². The lowest BCUT2D eigenvalue weighted by atomic mass is 9.57. The van der Waals surface area contributed by atoms with Gasteiger partial charge in [0.25, 0.3) is 5.91 Å². The number of methoxy groups -OCH3 is 1. The van der Waals surface area contributed by atoms with Gasteiger partial charge in [0, 0.05) is 30.7 Å². The third kappa shape index (κ3) is 3.53. The lowest BCUT2D eigenvalue weighted by Gasteiger charge is -2.50. The Morgan fingerprint density at radius 1 is 1.22 bits per heavy atom. The molecule has 1 aromatic rings. The number of ketones is 2. The molecule has 4 rings (SSSR count). The van der Waals surface area contributed by atoms with E-state index in [4.69, 9.17) is 16.2 Å². The molecule has 4 unspecified atom stereocenters. The number of aliphatic hydroxyl groups excluding tert-OH is 2. The van der Waals surface area contributed by atoms with Crippen molar-refractivity contribution in [2.75, 3.05) is 21.2 Å². The Kier molecular flexibility index (Phi) is 7.08. The molecule has 0 aromatic heterocycles. The number of amides is 1. The number of aliphatic hydroxyl groups is 3. The molecule has 3 aliphatic carbocycles. The number of benzene rings is 1. The molecule has 0 saturated heterocycles. The number of aromatic hydroxyl groups is 1. The Balaban J connectivity index is 0.00000361. The number of phenols is 1. The first-order chi connectivity index (χ1) is 16.4. The van der Waals surface area contributed by atoms with Crippen LogP contribution < -0.4 is 11.5 Å². The summed E-state index contributed by atoms with van der Waals surface area (Å²) in [6.45, 7) is 0.122. The van der Waals surface area contributed by atoms with Crippen LogP contribution >= 0.6 is 0 Å². The highest BCUT2D eigenvalue weighted by molar-refractivity contribution is 6.24. The summed E-state index contributed by atoms with van der Waals surface area (Å²) in [5.41, 5.74) is 9.10. The molecule has 11 heteroatoms. The Hall–Kier alpha value is -3.25. The Bertz CT molecular complexity index is 1220. The fourth-order valence-corrected chi connectivity index (χ4v) is 5.90. The van der Waals surface area contributed by atoms with E-state index >= 15 is 0 Å². The number of rotatable bonds is 5. The number of hydrogen-bond donors (Lipinski definition) is 6. The maximum Gasteiger partial charge on any atom is 0.255 e. The van der Waals surface area contributed by atoms with Crippen molar-refractivity contribution in [2.24, 2.45) is 23.3 Å². The van der Waals surface area contributed by atoms with Crippen molar-refractivity contribution >= 4 is 23.2 Å². The first kappa shape index (κ1) is 27.3. The molecule has 0 radical (unpaired) electrons. The van der Waals surface area contributed by atoms with Crippen molar-refractivity contribution in [2.45, 2.75) is 45.1 Å². The summed E-state index contributed by atoms with van der Waals surface area (Å²) in [5.74, 6) is -6.83. The molecule has 1 aromatic carbocycles. The minimum absolute atomic E-state index is 0. The largest absolute Gasteiger partial charge is 0.508 e. The van der Waals surface area contributed by atoms with E-state index in [-0.39, 0.29) is 50.3 Å². The predicted octanol–water partition coefficient (Wildman–Crippen LogP) is 0.205. The van der Waals surface area contributed by atoms with Gasteiger partial charge >= 0.3 is 0 Å². The second kappa shape index (κ2) is 9.32. The van der Waals surface area contributed by atoms with E-state index in [0.29, 0.717) is 16.7 Å². The lowest BCUT2D eigenvalue weighted by molar-refractivity contribution is -0.153. The number of carbonyl (C=O) groups is 3. The quantitative estimate of drug-likeness (QED) is 0.302. The van der Waals surface area contributed by atoms with E-state index < -0.39 is 58.0 Å². The fourth-order valence-electron chi connectivity index (χ4n) is 5.90. The molecular formula is C25H33N3O8. The number of Topliss-reactive ketones (excluding diaryl/α,β-unsaturated/α-hetero) is 2. The molecule has 4 atom stereocenters. The second-order valence-electron chi connectivity index (χ2n) is 9.50. The van der Waals surface area contributed by atoms with Crippen LogP contribution in [0, 0.1) is 11.8 Å². The van der Waals surface area contributed by atoms with E-state index in [1.165, 1.54) is 12.0 Å². The molecule has 11 nitrogen and oxygen atoms in total. The van der Waals surface area contributed by atoms with Gasteiger partial charge in [0.2, 0.25) is 5.78 Å². The topological polar surface area (TPSA) is 197 Å². The van der Waals surface area contributed by atoms with Gasteiger partial charge in [-0.15, -0.1) is 0 Å². The van der Waals surface area contributed by atoms with Crippen molar-refractivity contribution in [1.29, 1.82) is 0 Å². The number of phenolic OH excluding ortho intramolecular Hbond substituents is 1. The molecule has 0 bridgehead atoms. The predicted molar refractivity (Wildman–Crippen MR) is 130 cm³/mol. The number of hydrogen-bond acceptors (Lipinski definition) is 10. The van der Waals surface area contributed by atoms with Crippen LogP contribution in [0.15, 0.2) is 23.0 Å². The highest BCUT2D eigenvalue weighted by Gasteiger charge is 2.64. The molecule has 1 fully saturated rings. The minimum Gasteiger partial charge on any atom is -0.508 e. The summed E-state index contributed by atoms with van der Waals surface area (Å²) in [6, 6.07) is 0.552. The minimum atomic E-state index is -2.67. The highest BCUT2D eigenvalue weighted by Crippen LogP contribution is 2.53. The monoisotopic (exact) mass is 503 g/mol. The molecule has 1 saturated carbocycles. The molecule has 1 amide bonds. The number of nitrogens with two attached hydrogens (primary N) is 2. The number of primary amides is 1. The van der Waals surface area contributed by atoms with E-state index in [2.05, 4.69) is 0 Å². The fraction of sp³-hybridized carbons (Fsp3) is 0.480. The van der Waals surface area contributed by atoms with E-state index in [1.54, 1.807) is 20.2 Å². The summed E-state index contributed by atoms with van der Waals surface area (Å²) < 4.78 is 5.12. The maximum absolute atomic E-state index is 13.8. The summed E-state index contributed by atoms with van der Waals surface area (Å²) in [6.07, 6.45) is 0.220. The van der Waals surface area contributed by atoms with Gasteiger partial charge in [-0.2, -0.15) is 0 Å². The molecule has 0 heterocycles. The zero-order chi connectivity index (χ0) is 26.0. The van der Waals surface area contributed by atoms with Crippen molar-refractivity contribution in [3.05, 3.63) is 45.2 Å². The molecule has 0 spiro atoms. The molecule has 0 aliphatic heterocycles. The van der Waals surface area contributed by atoms with Gasteiger partial charge in [-0.25, -0.2) is 0 Å². The third-order valence-corrected chi connectivity index (χ3v) is 7.41. The number of fused-ring (bicyclic) bond motifs is 3. The van der Waals surface area contributed by atoms with Crippen LogP contribution in [0.5, 0.6) is 5.75 Å². The second-order valence-corrected chi connectivity index (χ2v) is 9.50. The van der Waals surface area contributed by atoms with Crippen LogP contribution in [-0.2, 0) is 38.7 Å². The van der Waals surface area contributed by atoms with Gasteiger partial charge in [0.05, 0.1) is 18.2 Å². The van der Waals surface area contributed by atoms with Crippen LogP contribution in [0.3, 0.4) is 0 Å². The summed E-state index contributed by atoms with van der Waals surface area (Å²) >= 11 is 0. The van der Waals surface area contributed by atoms with Crippen LogP contribution in [-0.4, -0.2) is 75.6 Å². The van der Waals surface area contributed by atoms with Crippen LogP contribution in [0.25, 0.3) is 5.76 Å². The van der Waals surface area contributed by atoms with Crippen molar-refractivity contribution in [3.63, 3.8) is 0 Å². The summed E-state index contributed by atoms with van der Waals surface area (Å²) in [4.78, 5) is 40.3. The zero-order valence-electron chi connectivity index (χ0n) is 19.7. The van der Waals surface area contributed by atoms with Gasteiger partial charge in [0.15, 0.2) is 11.4 Å². The maximum atomic E-state index is 13.8. The normalized spacial score (nSPS) is 27.4. The van der Waals surface area contributed by atoms with Gasteiger partial charge < -0.3 is 36.6 Å². The first-order valence-corrected chi connectivity index (χ1v) is 11.1. The number of nitrogens with zero attached hydrogens (tertiary/aromatic N) is 1. The molecular weight excluding hydrogens is 470 g/mol. The number of likely N-dealkylation sites (N-methyl/N-ethyl adjacent to an activating group) is 1. The highest BCUT2D eigenvalue weighted by atomic mass is 16.5. The lowest BCUT2D eigenvalue weighted by Crippen LogP contribution is -2.65. The average Bonchev–Trinajstić information content (AvgIpc) is 2.77. The van der Waals surface area contributed by atoms with E-state index in [0.717, 1.165) is 0 Å². The van der Waals surface area contributed by atoms with Gasteiger partial charge in [0.1, 0.15) is 22.8 Å². The molecule has 8 N–H and O–H groups in total. The van der Waals surface area contributed by atoms with E-state index in [1.807, 2.05) is 0 Å². The smallest absolute Gasteiger partial charge is 0.255 e. The van der Waals surface area contributed by atoms with Gasteiger partial charge in [-0.3, -0.25) is 19.3 Å². The molecule has 3 aliphatic rings. The van der Waals surface area contributed by atoms with Crippen molar-refractivity contribution in [1.82, 2.24) is 4.90 Å². The van der Waals surface area contributed by atoms with Crippen LogP contribution in [0.1, 0.15) is 36.1 Å². The van der Waals surface area contributed by atoms with Crippen LogP contribution in [0.2, 0.25) is 0 Å². The Morgan fingerprint density at radius 2 is 1.86 bits per heavy atom. The Labute approximate surface area is 208 Å². The standard InChI is InChI=1S/C24H29N3O8.CH4/c1-27(2)17-13-6-9-5-12-10(7-25)4-11(8-35-3)18(28)15(12)19(29)14(9)21(31)24(13,34)22(32)16(20(17)30)23(26)33;/h4,9,13,17,28-29,32,34H,5-8,25H2,1-3H3,(H2,26,33);1H4. The molecule has 196 valence electrons. The number of ether oxygens (including phenoxy) is 1. The van der Waals surface area contributed by atoms with Crippen molar-refractivity contribution in [3.8, 4) is 5.75 Å². The van der Waals surface area contributed by atoms with E-state index in [9.17, 15) is 34.8 Å². The van der Waals surface area contributed by atoms with Gasteiger partial charge in [-0.1, -0.05) is 7.43 Å². The molecule has 36 heavy (non-hydrogen) atoms. The average molecular weight is 504 g/mol. The zero-order valence-corrected chi connectivity index (χ0v) is 19.7. The van der Waals surface area contributed by atoms with Crippen molar-refractivity contribution < 1.29 is 39.5 Å². The Morgan fingerprint density at radius 3 is 2.39 bits per heavy atom. The number of carbonyl (C=O) groups excluding carboxylic acids is 3. The summed E-state index contributed by atoms with van der Waals surface area (Å²) in [5, 5.41) is 44.6.